The number of hydrogen-bond acceptors (Lipinski definition) is 5. The van der Waals surface area contributed by atoms with Gasteiger partial charge in [-0.1, -0.05) is 24.3 Å². The zero-order chi connectivity index (χ0) is 23.2. The van der Waals surface area contributed by atoms with Gasteiger partial charge in [0.2, 0.25) is 0 Å². The Morgan fingerprint density at radius 2 is 2.03 bits per heavy atom. The van der Waals surface area contributed by atoms with Crippen LogP contribution in [-0.4, -0.2) is 61.7 Å². The number of aryl methyl sites for hydroxylation is 1. The number of rotatable bonds is 9. The molecule has 0 aliphatic carbocycles. The molecule has 1 aliphatic heterocycles. The Morgan fingerprint density at radius 3 is 2.88 bits per heavy atom. The maximum atomic E-state index is 12.5. The summed E-state index contributed by atoms with van der Waals surface area (Å²) >= 11 is 0. The van der Waals surface area contributed by atoms with Gasteiger partial charge in [0, 0.05) is 42.8 Å². The minimum absolute atomic E-state index is 0.0184. The second-order valence-electron chi connectivity index (χ2n) is 8.46. The van der Waals surface area contributed by atoms with Gasteiger partial charge in [0.05, 0.1) is 12.2 Å². The molecule has 174 valence electrons. The van der Waals surface area contributed by atoms with Crippen molar-refractivity contribution in [2.24, 2.45) is 0 Å². The Kier molecular flexibility index (Phi) is 7.26. The summed E-state index contributed by atoms with van der Waals surface area (Å²) in [7, 11) is 3.94. The average Bonchev–Trinajstić information content (AvgIpc) is 3.07. The number of carbonyl (C=O) groups excluding carboxylic acids is 2. The number of likely N-dealkylation sites (N-methyl/N-ethyl adjacent to an activating group) is 1. The Hall–Kier alpha value is -3.36. The zero-order valence-corrected chi connectivity index (χ0v) is 19.2. The summed E-state index contributed by atoms with van der Waals surface area (Å²) in [6.07, 6.45) is 0.912. The third-order valence-corrected chi connectivity index (χ3v) is 5.70. The number of amides is 2. The van der Waals surface area contributed by atoms with E-state index in [1.807, 2.05) is 55.4 Å². The smallest absolute Gasteiger partial charge is 0.267 e. The molecular formula is C25H31N5O3. The molecule has 0 atom stereocenters. The fourth-order valence-corrected chi connectivity index (χ4v) is 3.97. The van der Waals surface area contributed by atoms with Crippen molar-refractivity contribution in [1.82, 2.24) is 20.1 Å². The lowest BCUT2D eigenvalue weighted by molar-refractivity contribution is 0.0943. The van der Waals surface area contributed by atoms with E-state index >= 15 is 0 Å². The van der Waals surface area contributed by atoms with Crippen molar-refractivity contribution >= 4 is 28.4 Å². The first-order chi connectivity index (χ1) is 16.0. The molecule has 0 spiro atoms. The summed E-state index contributed by atoms with van der Waals surface area (Å²) in [4.78, 5) is 26.8. The van der Waals surface area contributed by atoms with Gasteiger partial charge in [-0.3, -0.25) is 9.59 Å². The number of carbonyl (C=O) groups is 2. The van der Waals surface area contributed by atoms with E-state index in [2.05, 4.69) is 26.6 Å². The van der Waals surface area contributed by atoms with E-state index < -0.39 is 0 Å². The normalized spacial score (nSPS) is 13.5. The molecule has 0 bridgehead atoms. The summed E-state index contributed by atoms with van der Waals surface area (Å²) in [6.45, 7) is 3.58. The number of nitrogens with zero attached hydrogens (tertiary/aromatic N) is 2. The molecule has 3 aromatic rings. The van der Waals surface area contributed by atoms with Gasteiger partial charge < -0.3 is 30.2 Å². The molecule has 0 saturated carbocycles. The molecule has 3 N–H and O–H groups in total. The maximum absolute atomic E-state index is 12.5. The van der Waals surface area contributed by atoms with Crippen molar-refractivity contribution in [2.45, 2.75) is 19.6 Å². The summed E-state index contributed by atoms with van der Waals surface area (Å²) in [5.41, 5.74) is 4.12. The van der Waals surface area contributed by atoms with Crippen molar-refractivity contribution in [3.63, 3.8) is 0 Å². The van der Waals surface area contributed by atoms with Crippen LogP contribution in [0.25, 0.3) is 10.9 Å². The number of benzene rings is 2. The van der Waals surface area contributed by atoms with E-state index in [4.69, 9.17) is 4.74 Å². The lowest BCUT2D eigenvalue weighted by Gasteiger charge is -2.14. The standard InChI is InChI=1S/C25H31N5O3/c1-29(2)13-11-27-24(31)20-6-3-4-7-21(20)28-17-33-16-18-8-9-19-15-23-25(32)26-10-5-12-30(23)22(19)14-18/h3-4,6-9,14-15,28H,5,10-13,16-17H2,1-2H3,(H,26,32)(H,27,31). The van der Waals surface area contributed by atoms with Crippen LogP contribution in [0.2, 0.25) is 0 Å². The molecule has 0 fully saturated rings. The van der Waals surface area contributed by atoms with Gasteiger partial charge in [0.25, 0.3) is 11.8 Å². The van der Waals surface area contributed by atoms with Crippen LogP contribution in [0.5, 0.6) is 0 Å². The van der Waals surface area contributed by atoms with Gasteiger partial charge >= 0.3 is 0 Å². The highest BCUT2D eigenvalue weighted by Crippen LogP contribution is 2.23. The average molecular weight is 450 g/mol. The van der Waals surface area contributed by atoms with E-state index in [0.717, 1.165) is 41.7 Å². The number of para-hydroxylation sites is 1. The van der Waals surface area contributed by atoms with Crippen molar-refractivity contribution in [1.29, 1.82) is 0 Å². The second-order valence-corrected chi connectivity index (χ2v) is 8.46. The first-order valence-corrected chi connectivity index (χ1v) is 11.3. The molecule has 1 aliphatic rings. The zero-order valence-electron chi connectivity index (χ0n) is 19.2. The van der Waals surface area contributed by atoms with Crippen molar-refractivity contribution in [2.75, 3.05) is 45.8 Å². The van der Waals surface area contributed by atoms with Crippen molar-refractivity contribution < 1.29 is 14.3 Å². The molecule has 8 heteroatoms. The van der Waals surface area contributed by atoms with Crippen LogP contribution >= 0.6 is 0 Å². The van der Waals surface area contributed by atoms with E-state index in [0.29, 0.717) is 31.0 Å². The quantitative estimate of drug-likeness (QED) is 0.345. The van der Waals surface area contributed by atoms with E-state index in [1.165, 1.54) is 0 Å². The molecule has 1 aromatic heterocycles. The van der Waals surface area contributed by atoms with Gasteiger partial charge in [-0.05, 0) is 50.3 Å². The van der Waals surface area contributed by atoms with Crippen LogP contribution in [0.15, 0.2) is 48.5 Å². The topological polar surface area (TPSA) is 87.6 Å². The van der Waals surface area contributed by atoms with E-state index in [-0.39, 0.29) is 18.5 Å². The summed E-state index contributed by atoms with van der Waals surface area (Å²) < 4.78 is 7.94. The minimum atomic E-state index is -0.108. The fourth-order valence-electron chi connectivity index (χ4n) is 3.97. The lowest BCUT2D eigenvalue weighted by Crippen LogP contribution is -2.31. The summed E-state index contributed by atoms with van der Waals surface area (Å²) in [5, 5.41) is 10.1. The van der Waals surface area contributed by atoms with E-state index in [9.17, 15) is 9.59 Å². The minimum Gasteiger partial charge on any atom is -0.362 e. The highest BCUT2D eigenvalue weighted by atomic mass is 16.5. The molecule has 2 amide bonds. The molecule has 2 heterocycles. The van der Waals surface area contributed by atoms with Gasteiger partial charge in [-0.15, -0.1) is 0 Å². The molecule has 2 aromatic carbocycles. The highest BCUT2D eigenvalue weighted by Gasteiger charge is 2.18. The Morgan fingerprint density at radius 1 is 1.18 bits per heavy atom. The number of anilines is 1. The Balaban J connectivity index is 1.35. The van der Waals surface area contributed by atoms with Crippen LogP contribution in [0.4, 0.5) is 5.69 Å². The molecule has 0 unspecified atom stereocenters. The van der Waals surface area contributed by atoms with Crippen molar-refractivity contribution in [3.8, 4) is 0 Å². The van der Waals surface area contributed by atoms with Crippen LogP contribution < -0.4 is 16.0 Å². The van der Waals surface area contributed by atoms with E-state index in [1.54, 1.807) is 6.07 Å². The number of ether oxygens (including phenoxy) is 1. The fraction of sp³-hybridized carbons (Fsp3) is 0.360. The van der Waals surface area contributed by atoms with Crippen LogP contribution in [0.1, 0.15) is 32.8 Å². The third kappa shape index (κ3) is 5.53. The molecule has 33 heavy (non-hydrogen) atoms. The largest absolute Gasteiger partial charge is 0.362 e. The monoisotopic (exact) mass is 449 g/mol. The van der Waals surface area contributed by atoms with Gasteiger partial charge in [-0.25, -0.2) is 0 Å². The molecular weight excluding hydrogens is 418 g/mol. The molecule has 0 saturated heterocycles. The summed E-state index contributed by atoms with van der Waals surface area (Å²) in [5.74, 6) is -0.126. The van der Waals surface area contributed by atoms with Crippen LogP contribution in [0, 0.1) is 0 Å². The predicted molar refractivity (Wildman–Crippen MR) is 129 cm³/mol. The first-order valence-electron chi connectivity index (χ1n) is 11.3. The molecule has 8 nitrogen and oxygen atoms in total. The molecule has 0 radical (unpaired) electrons. The SMILES string of the molecule is CN(C)CCNC(=O)c1ccccc1NCOCc1ccc2cc3n(c2c1)CCCNC3=O. The number of fused-ring (bicyclic) bond motifs is 3. The predicted octanol–water partition coefficient (Wildman–Crippen LogP) is 2.65. The first kappa shape index (κ1) is 22.8. The van der Waals surface area contributed by atoms with Crippen LogP contribution in [-0.2, 0) is 17.9 Å². The summed E-state index contributed by atoms with van der Waals surface area (Å²) in [6, 6.07) is 15.5. The Bertz CT molecular complexity index is 1140. The van der Waals surface area contributed by atoms with Gasteiger partial charge in [-0.2, -0.15) is 0 Å². The number of aromatic nitrogens is 1. The lowest BCUT2D eigenvalue weighted by atomic mass is 10.1. The second kappa shape index (κ2) is 10.5. The molecule has 4 rings (SSSR count). The highest BCUT2D eigenvalue weighted by molar-refractivity contribution is 6.00. The third-order valence-electron chi connectivity index (χ3n) is 5.70. The number of nitrogens with one attached hydrogen (secondary N) is 3. The van der Waals surface area contributed by atoms with Gasteiger partial charge in [0.1, 0.15) is 12.4 Å². The maximum Gasteiger partial charge on any atom is 0.267 e. The number of hydrogen-bond donors (Lipinski definition) is 3. The van der Waals surface area contributed by atoms with Crippen LogP contribution in [0.3, 0.4) is 0 Å². The van der Waals surface area contributed by atoms with Crippen molar-refractivity contribution in [3.05, 3.63) is 65.4 Å². The van der Waals surface area contributed by atoms with Gasteiger partial charge in [0.15, 0.2) is 0 Å². The Labute approximate surface area is 193 Å².